The molecule has 1 aliphatic carbocycles. The maximum Gasteiger partial charge on any atom is 0.269 e. The first-order valence-electron chi connectivity index (χ1n) is 8.39. The zero-order valence-electron chi connectivity index (χ0n) is 14.1. The molecule has 2 aromatic rings. The van der Waals surface area contributed by atoms with Gasteiger partial charge in [0.1, 0.15) is 11.8 Å². The summed E-state index contributed by atoms with van der Waals surface area (Å²) in [4.78, 5) is 12.2. The minimum Gasteiger partial charge on any atom is -0.510 e. The number of benzene rings is 2. The fraction of sp³-hybridized carbons (Fsp3) is 0.238. The number of nitrogens with zero attached hydrogens (tertiary/aromatic N) is 1. The molecule has 126 valence electrons. The van der Waals surface area contributed by atoms with Crippen molar-refractivity contribution in [2.24, 2.45) is 5.92 Å². The van der Waals surface area contributed by atoms with E-state index in [2.05, 4.69) is 24.4 Å². The Morgan fingerprint density at radius 1 is 1.12 bits per heavy atom. The fourth-order valence-corrected chi connectivity index (χ4v) is 2.77. The van der Waals surface area contributed by atoms with E-state index in [0.717, 1.165) is 18.4 Å². The number of aliphatic hydroxyl groups is 1. The highest BCUT2D eigenvalue weighted by molar-refractivity contribution is 6.07. The third-order valence-electron chi connectivity index (χ3n) is 4.53. The summed E-state index contributed by atoms with van der Waals surface area (Å²) in [7, 11) is 0. The van der Waals surface area contributed by atoms with Crippen molar-refractivity contribution in [3.63, 3.8) is 0 Å². The van der Waals surface area contributed by atoms with Gasteiger partial charge in [-0.2, -0.15) is 5.26 Å². The summed E-state index contributed by atoms with van der Waals surface area (Å²) in [6.07, 6.45) is 1.66. The van der Waals surface area contributed by atoms with Crippen LogP contribution in [0.4, 0.5) is 5.69 Å². The van der Waals surface area contributed by atoms with E-state index in [1.807, 2.05) is 48.5 Å². The largest absolute Gasteiger partial charge is 0.510 e. The normalized spacial score (nSPS) is 15.7. The van der Waals surface area contributed by atoms with Crippen LogP contribution < -0.4 is 5.32 Å². The number of amides is 1. The van der Waals surface area contributed by atoms with Crippen molar-refractivity contribution in [2.45, 2.75) is 25.7 Å². The molecule has 2 N–H and O–H groups in total. The third kappa shape index (κ3) is 3.89. The SMILES string of the molecule is CC(c1ccccc1)c1ccc(NC(=O)C(C#N)=C(O)C2CC2)cc1. The van der Waals surface area contributed by atoms with Crippen LogP contribution in [0, 0.1) is 17.2 Å². The van der Waals surface area contributed by atoms with Gasteiger partial charge in [-0.05, 0) is 36.1 Å². The van der Waals surface area contributed by atoms with E-state index >= 15 is 0 Å². The van der Waals surface area contributed by atoms with Gasteiger partial charge in [0.25, 0.3) is 5.91 Å². The van der Waals surface area contributed by atoms with Gasteiger partial charge in [-0.15, -0.1) is 0 Å². The summed E-state index contributed by atoms with van der Waals surface area (Å²) in [5.74, 6) is -0.431. The first kappa shape index (κ1) is 16.8. The quantitative estimate of drug-likeness (QED) is 0.480. The second-order valence-electron chi connectivity index (χ2n) is 6.35. The molecule has 2 aromatic carbocycles. The minimum absolute atomic E-state index is 0.0329. The van der Waals surface area contributed by atoms with Crippen LogP contribution in [-0.4, -0.2) is 11.0 Å². The number of carbonyl (C=O) groups excluding carboxylic acids is 1. The summed E-state index contributed by atoms with van der Waals surface area (Å²) in [6, 6.07) is 19.6. The predicted molar refractivity (Wildman–Crippen MR) is 97.0 cm³/mol. The number of nitriles is 1. The Balaban J connectivity index is 1.71. The molecule has 0 heterocycles. The number of hydrogen-bond acceptors (Lipinski definition) is 3. The summed E-state index contributed by atoms with van der Waals surface area (Å²) in [6.45, 7) is 2.13. The summed E-state index contributed by atoms with van der Waals surface area (Å²) in [5.41, 5.74) is 2.78. The zero-order chi connectivity index (χ0) is 17.8. The van der Waals surface area contributed by atoms with Crippen LogP contribution in [0.1, 0.15) is 36.8 Å². The number of aliphatic hydroxyl groups excluding tert-OH is 1. The molecule has 1 amide bonds. The van der Waals surface area contributed by atoms with E-state index in [1.54, 1.807) is 0 Å². The highest BCUT2D eigenvalue weighted by Gasteiger charge is 2.30. The van der Waals surface area contributed by atoms with Gasteiger partial charge < -0.3 is 10.4 Å². The Bertz CT molecular complexity index is 828. The molecule has 0 spiro atoms. The maximum atomic E-state index is 12.2. The van der Waals surface area contributed by atoms with Crippen LogP contribution in [-0.2, 0) is 4.79 Å². The molecule has 0 aliphatic heterocycles. The second-order valence-corrected chi connectivity index (χ2v) is 6.35. The van der Waals surface area contributed by atoms with E-state index in [1.165, 1.54) is 5.56 Å². The van der Waals surface area contributed by atoms with Crippen LogP contribution in [0.3, 0.4) is 0 Å². The molecule has 0 bridgehead atoms. The Morgan fingerprint density at radius 2 is 1.72 bits per heavy atom. The molecule has 0 aromatic heterocycles. The molecule has 0 radical (unpaired) electrons. The van der Waals surface area contributed by atoms with Crippen molar-refractivity contribution in [3.05, 3.63) is 77.1 Å². The van der Waals surface area contributed by atoms with Crippen molar-refractivity contribution in [2.75, 3.05) is 5.32 Å². The molecular formula is C21H20N2O2. The molecule has 25 heavy (non-hydrogen) atoms. The number of rotatable bonds is 5. The fourth-order valence-electron chi connectivity index (χ4n) is 2.77. The maximum absolute atomic E-state index is 12.2. The van der Waals surface area contributed by atoms with Crippen LogP contribution in [0.5, 0.6) is 0 Å². The molecule has 1 unspecified atom stereocenters. The number of carbonyl (C=O) groups is 1. The van der Waals surface area contributed by atoms with Crippen molar-refractivity contribution in [3.8, 4) is 6.07 Å². The Hall–Kier alpha value is -3.06. The van der Waals surface area contributed by atoms with Gasteiger partial charge in [0.15, 0.2) is 5.57 Å². The first-order valence-corrected chi connectivity index (χ1v) is 8.39. The van der Waals surface area contributed by atoms with Gasteiger partial charge in [0.05, 0.1) is 0 Å². The Morgan fingerprint density at radius 3 is 2.28 bits per heavy atom. The number of allylic oxidation sites excluding steroid dienone is 1. The van der Waals surface area contributed by atoms with Crippen LogP contribution >= 0.6 is 0 Å². The topological polar surface area (TPSA) is 73.1 Å². The molecule has 1 fully saturated rings. The average Bonchev–Trinajstić information content (AvgIpc) is 3.48. The second kappa shape index (κ2) is 7.23. The van der Waals surface area contributed by atoms with Gasteiger partial charge in [-0.1, -0.05) is 49.4 Å². The minimum atomic E-state index is -0.559. The smallest absolute Gasteiger partial charge is 0.269 e. The molecule has 4 heteroatoms. The lowest BCUT2D eigenvalue weighted by molar-refractivity contribution is -0.112. The Labute approximate surface area is 147 Å². The average molecular weight is 332 g/mol. The number of nitrogens with one attached hydrogen (secondary N) is 1. The molecule has 3 rings (SSSR count). The highest BCUT2D eigenvalue weighted by Crippen LogP contribution is 2.36. The van der Waals surface area contributed by atoms with E-state index in [0.29, 0.717) is 5.69 Å². The van der Waals surface area contributed by atoms with Crippen LogP contribution in [0.25, 0.3) is 0 Å². The van der Waals surface area contributed by atoms with E-state index < -0.39 is 5.91 Å². The van der Waals surface area contributed by atoms with E-state index in [-0.39, 0.29) is 23.2 Å². The van der Waals surface area contributed by atoms with Gasteiger partial charge in [0, 0.05) is 17.5 Å². The predicted octanol–water partition coefficient (Wildman–Crippen LogP) is 4.52. The highest BCUT2D eigenvalue weighted by atomic mass is 16.3. The monoisotopic (exact) mass is 332 g/mol. The van der Waals surface area contributed by atoms with Gasteiger partial charge >= 0.3 is 0 Å². The molecule has 1 atom stereocenters. The van der Waals surface area contributed by atoms with Gasteiger partial charge in [-0.25, -0.2) is 0 Å². The molecule has 1 saturated carbocycles. The van der Waals surface area contributed by atoms with E-state index in [4.69, 9.17) is 5.26 Å². The van der Waals surface area contributed by atoms with Crippen molar-refractivity contribution in [1.29, 1.82) is 5.26 Å². The van der Waals surface area contributed by atoms with Gasteiger partial charge in [-0.3, -0.25) is 4.79 Å². The molecule has 4 nitrogen and oxygen atoms in total. The lowest BCUT2D eigenvalue weighted by Crippen LogP contribution is -2.16. The molecular weight excluding hydrogens is 312 g/mol. The first-order chi connectivity index (χ1) is 12.1. The van der Waals surface area contributed by atoms with Crippen molar-refractivity contribution >= 4 is 11.6 Å². The van der Waals surface area contributed by atoms with Crippen molar-refractivity contribution < 1.29 is 9.90 Å². The van der Waals surface area contributed by atoms with Crippen LogP contribution in [0.2, 0.25) is 0 Å². The van der Waals surface area contributed by atoms with Crippen LogP contribution in [0.15, 0.2) is 65.9 Å². The molecule has 1 aliphatic rings. The lowest BCUT2D eigenvalue weighted by atomic mass is 9.93. The lowest BCUT2D eigenvalue weighted by Gasteiger charge is -2.13. The summed E-state index contributed by atoms with van der Waals surface area (Å²) < 4.78 is 0. The van der Waals surface area contributed by atoms with E-state index in [9.17, 15) is 9.90 Å². The zero-order valence-corrected chi connectivity index (χ0v) is 14.1. The van der Waals surface area contributed by atoms with Gasteiger partial charge in [0.2, 0.25) is 0 Å². The number of hydrogen-bond donors (Lipinski definition) is 2. The summed E-state index contributed by atoms with van der Waals surface area (Å²) in [5, 5.41) is 21.8. The van der Waals surface area contributed by atoms with Crippen molar-refractivity contribution in [1.82, 2.24) is 0 Å². The third-order valence-corrected chi connectivity index (χ3v) is 4.53. The summed E-state index contributed by atoms with van der Waals surface area (Å²) >= 11 is 0. The Kier molecular flexibility index (Phi) is 4.85. The molecule has 0 saturated heterocycles. The standard InChI is InChI=1S/C21H20N2O2/c1-14(15-5-3-2-4-6-15)16-9-11-18(12-10-16)23-21(25)19(13-22)20(24)17-7-8-17/h2-6,9-12,14,17,24H,7-8H2,1H3,(H,23,25). The number of anilines is 1.